The van der Waals surface area contributed by atoms with E-state index >= 15 is 0 Å². The van der Waals surface area contributed by atoms with Crippen LogP contribution in [0.2, 0.25) is 5.02 Å². The van der Waals surface area contributed by atoms with E-state index < -0.39 is 21.8 Å². The summed E-state index contributed by atoms with van der Waals surface area (Å²) in [7, 11) is -3.85. The van der Waals surface area contributed by atoms with Crippen molar-refractivity contribution in [1.29, 1.82) is 0 Å². The van der Waals surface area contributed by atoms with Gasteiger partial charge in [-0.25, -0.2) is 13.6 Å². The molecule has 2 aromatic carbocycles. The van der Waals surface area contributed by atoms with Crippen LogP contribution in [0.4, 0.5) is 13.2 Å². The molecule has 0 aromatic heterocycles. The van der Waals surface area contributed by atoms with Gasteiger partial charge in [0.2, 0.25) is 10.0 Å². The van der Waals surface area contributed by atoms with E-state index in [-0.39, 0.29) is 22.3 Å². The molecule has 0 radical (unpaired) electrons. The second kappa shape index (κ2) is 6.38. The van der Waals surface area contributed by atoms with Gasteiger partial charge in [-0.1, -0.05) is 23.7 Å². The zero-order valence-corrected chi connectivity index (χ0v) is 13.0. The number of alkyl halides is 3. The zero-order chi connectivity index (χ0) is 17.3. The van der Waals surface area contributed by atoms with Crippen molar-refractivity contribution in [2.24, 2.45) is 5.14 Å². The van der Waals surface area contributed by atoms with E-state index in [1.165, 1.54) is 18.2 Å². The Kier molecular flexibility index (Phi) is 4.88. The molecule has 0 spiro atoms. The number of rotatable bonds is 4. The first-order valence-corrected chi connectivity index (χ1v) is 8.11. The van der Waals surface area contributed by atoms with Gasteiger partial charge >= 0.3 is 6.18 Å². The molecule has 9 heteroatoms. The minimum atomic E-state index is -4.49. The van der Waals surface area contributed by atoms with E-state index in [9.17, 15) is 21.6 Å². The maximum Gasteiger partial charge on any atom is 0.416 e. The van der Waals surface area contributed by atoms with Crippen LogP contribution in [-0.4, -0.2) is 8.42 Å². The molecule has 0 aliphatic heterocycles. The molecular formula is C14H11ClF3NO3S. The number of halogens is 4. The van der Waals surface area contributed by atoms with Crippen LogP contribution in [0.3, 0.4) is 0 Å². The molecule has 2 aromatic rings. The molecule has 0 saturated heterocycles. The van der Waals surface area contributed by atoms with Crippen molar-refractivity contribution in [3.8, 4) is 5.75 Å². The van der Waals surface area contributed by atoms with Crippen molar-refractivity contribution in [2.75, 3.05) is 0 Å². The van der Waals surface area contributed by atoms with Crippen LogP contribution in [0.1, 0.15) is 11.1 Å². The maximum absolute atomic E-state index is 12.5. The van der Waals surface area contributed by atoms with Crippen LogP contribution in [0.15, 0.2) is 47.4 Å². The van der Waals surface area contributed by atoms with Gasteiger partial charge in [0.05, 0.1) is 15.5 Å². The minimum absolute atomic E-state index is 0.0562. The fourth-order valence-corrected chi connectivity index (χ4v) is 2.59. The largest absolute Gasteiger partial charge is 0.487 e. The van der Waals surface area contributed by atoms with Crippen LogP contribution >= 0.6 is 11.6 Å². The summed E-state index contributed by atoms with van der Waals surface area (Å²) in [4.78, 5) is -0.0860. The van der Waals surface area contributed by atoms with Gasteiger partial charge in [-0.15, -0.1) is 0 Å². The molecule has 0 atom stereocenters. The summed E-state index contributed by atoms with van der Waals surface area (Å²) in [5, 5.41) is 4.83. The predicted molar refractivity (Wildman–Crippen MR) is 78.6 cm³/mol. The summed E-state index contributed by atoms with van der Waals surface area (Å²) in [6, 6.07) is 8.42. The van der Waals surface area contributed by atoms with Crippen molar-refractivity contribution >= 4 is 21.6 Å². The normalized spacial score (nSPS) is 12.2. The zero-order valence-electron chi connectivity index (χ0n) is 11.5. The van der Waals surface area contributed by atoms with Gasteiger partial charge < -0.3 is 4.74 Å². The van der Waals surface area contributed by atoms with E-state index in [1.54, 1.807) is 6.07 Å². The van der Waals surface area contributed by atoms with E-state index in [0.717, 1.165) is 18.2 Å². The molecular weight excluding hydrogens is 355 g/mol. The molecule has 0 amide bonds. The highest BCUT2D eigenvalue weighted by atomic mass is 35.5. The molecule has 23 heavy (non-hydrogen) atoms. The maximum atomic E-state index is 12.5. The number of hydrogen-bond acceptors (Lipinski definition) is 3. The smallest absolute Gasteiger partial charge is 0.416 e. The molecule has 2 rings (SSSR count). The lowest BCUT2D eigenvalue weighted by Crippen LogP contribution is -2.12. The third-order valence-electron chi connectivity index (χ3n) is 2.88. The van der Waals surface area contributed by atoms with Crippen LogP contribution in [0.5, 0.6) is 5.75 Å². The Morgan fingerprint density at radius 2 is 1.83 bits per heavy atom. The van der Waals surface area contributed by atoms with Crippen LogP contribution in [0, 0.1) is 0 Å². The number of hydrogen-bond donors (Lipinski definition) is 1. The molecule has 4 nitrogen and oxygen atoms in total. The predicted octanol–water partition coefficient (Wildman–Crippen LogP) is 3.59. The molecule has 0 fully saturated rings. The Hall–Kier alpha value is -1.77. The molecule has 0 saturated carbocycles. The standard InChI is InChI=1S/C14H11ClF3NO3S/c15-12-7-10(14(16,17)18)4-5-13(12)22-8-9-2-1-3-11(6-9)23(19,20)21/h1-7H,8H2,(H2,19,20,21). The quantitative estimate of drug-likeness (QED) is 0.900. The Balaban J connectivity index is 2.16. The fraction of sp³-hybridized carbons (Fsp3) is 0.143. The number of sulfonamides is 1. The Labute approximate surface area is 135 Å². The van der Waals surface area contributed by atoms with Crippen molar-refractivity contribution < 1.29 is 26.3 Å². The van der Waals surface area contributed by atoms with Gasteiger partial charge in [-0.3, -0.25) is 0 Å². The van der Waals surface area contributed by atoms with Crippen molar-refractivity contribution in [3.05, 3.63) is 58.6 Å². The molecule has 0 bridgehead atoms. The average Bonchev–Trinajstić information content (AvgIpc) is 2.44. The number of nitrogens with two attached hydrogens (primary N) is 1. The summed E-state index contributed by atoms with van der Waals surface area (Å²) in [5.41, 5.74) is -0.404. The van der Waals surface area contributed by atoms with E-state index in [0.29, 0.717) is 5.56 Å². The monoisotopic (exact) mass is 365 g/mol. The highest BCUT2D eigenvalue weighted by Gasteiger charge is 2.31. The van der Waals surface area contributed by atoms with Crippen LogP contribution in [-0.2, 0) is 22.8 Å². The molecule has 124 valence electrons. The van der Waals surface area contributed by atoms with Crippen molar-refractivity contribution in [1.82, 2.24) is 0 Å². The Morgan fingerprint density at radius 3 is 2.39 bits per heavy atom. The molecule has 0 heterocycles. The second-order valence-corrected chi connectivity index (χ2v) is 6.59. The van der Waals surface area contributed by atoms with Gasteiger partial charge in [0.15, 0.2) is 0 Å². The molecule has 0 unspecified atom stereocenters. The second-order valence-electron chi connectivity index (χ2n) is 4.62. The summed E-state index contributed by atoms with van der Waals surface area (Å²) in [6.07, 6.45) is -4.49. The number of primary sulfonamides is 1. The highest BCUT2D eigenvalue weighted by molar-refractivity contribution is 7.89. The first-order chi connectivity index (χ1) is 10.6. The van der Waals surface area contributed by atoms with Crippen molar-refractivity contribution in [2.45, 2.75) is 17.7 Å². The van der Waals surface area contributed by atoms with Gasteiger partial charge in [-0.05, 0) is 35.9 Å². The lowest BCUT2D eigenvalue weighted by atomic mass is 10.2. The molecule has 0 aliphatic rings. The number of ether oxygens (including phenoxy) is 1. The Morgan fingerprint density at radius 1 is 1.13 bits per heavy atom. The SMILES string of the molecule is NS(=O)(=O)c1cccc(COc2ccc(C(F)(F)F)cc2Cl)c1. The average molecular weight is 366 g/mol. The van der Waals surface area contributed by atoms with Gasteiger partial charge in [0.1, 0.15) is 12.4 Å². The van der Waals surface area contributed by atoms with E-state index in [4.69, 9.17) is 21.5 Å². The van der Waals surface area contributed by atoms with Gasteiger partial charge in [-0.2, -0.15) is 13.2 Å². The number of benzene rings is 2. The fourth-order valence-electron chi connectivity index (χ4n) is 1.77. The van der Waals surface area contributed by atoms with E-state index in [1.807, 2.05) is 0 Å². The molecule has 0 aliphatic carbocycles. The summed E-state index contributed by atoms with van der Waals surface area (Å²) in [5.74, 6) is 0.0562. The molecule has 2 N–H and O–H groups in total. The summed E-state index contributed by atoms with van der Waals surface area (Å²) >= 11 is 5.76. The highest BCUT2D eigenvalue weighted by Crippen LogP contribution is 2.34. The van der Waals surface area contributed by atoms with Crippen LogP contribution in [0.25, 0.3) is 0 Å². The lowest BCUT2D eigenvalue weighted by molar-refractivity contribution is -0.137. The first kappa shape index (κ1) is 17.6. The third-order valence-corrected chi connectivity index (χ3v) is 4.09. The van der Waals surface area contributed by atoms with Gasteiger partial charge in [0.25, 0.3) is 0 Å². The van der Waals surface area contributed by atoms with Crippen LogP contribution < -0.4 is 9.88 Å². The lowest BCUT2D eigenvalue weighted by Gasteiger charge is -2.11. The topological polar surface area (TPSA) is 69.4 Å². The Bertz CT molecular complexity index is 822. The summed E-state index contributed by atoms with van der Waals surface area (Å²) in [6.45, 7) is -0.0750. The third kappa shape index (κ3) is 4.60. The van der Waals surface area contributed by atoms with E-state index in [2.05, 4.69) is 0 Å². The minimum Gasteiger partial charge on any atom is -0.487 e. The van der Waals surface area contributed by atoms with Gasteiger partial charge in [0, 0.05) is 0 Å². The summed E-state index contributed by atoms with van der Waals surface area (Å²) < 4.78 is 65.4. The first-order valence-electron chi connectivity index (χ1n) is 6.18. The van der Waals surface area contributed by atoms with Crippen molar-refractivity contribution in [3.63, 3.8) is 0 Å².